The van der Waals surface area contributed by atoms with E-state index in [4.69, 9.17) is 0 Å². The fraction of sp³-hybridized carbons (Fsp3) is 0.235. The summed E-state index contributed by atoms with van der Waals surface area (Å²) in [7, 11) is 0. The first kappa shape index (κ1) is 17.8. The van der Waals surface area contributed by atoms with Crippen LogP contribution in [-0.4, -0.2) is 17.7 Å². The Morgan fingerprint density at radius 3 is 2.21 bits per heavy atom. The maximum atomic E-state index is 12.5. The van der Waals surface area contributed by atoms with Gasteiger partial charge in [0.05, 0.1) is 11.7 Å². The van der Waals surface area contributed by atoms with E-state index in [1.807, 2.05) is 19.1 Å². The van der Waals surface area contributed by atoms with Gasteiger partial charge in [0.1, 0.15) is 0 Å². The van der Waals surface area contributed by atoms with Crippen LogP contribution in [0, 0.1) is 6.92 Å². The van der Waals surface area contributed by atoms with Gasteiger partial charge in [-0.05, 0) is 36.8 Å². The van der Waals surface area contributed by atoms with Crippen LogP contribution in [0.3, 0.4) is 0 Å². The summed E-state index contributed by atoms with van der Waals surface area (Å²) in [4.78, 5) is 11.7. The Balaban J connectivity index is 1.87. The van der Waals surface area contributed by atoms with Crippen LogP contribution in [0.4, 0.5) is 23.7 Å². The molecule has 4 nitrogen and oxygen atoms in total. The van der Waals surface area contributed by atoms with Crippen LogP contribution in [0.25, 0.3) is 0 Å². The second kappa shape index (κ2) is 7.35. The molecule has 3 N–H and O–H groups in total. The standard InChI is InChI=1S/C17H17F3N2O2/c1-11-2-8-14(9-3-11)22-16(24)21-10-15(23)12-4-6-13(7-5-12)17(18,19)20/h2-9,15,23H,10H2,1H3,(H2,21,22,24)/t15-/m0/s1. The van der Waals surface area contributed by atoms with E-state index >= 15 is 0 Å². The van der Waals surface area contributed by atoms with Crippen LogP contribution >= 0.6 is 0 Å². The first-order valence-corrected chi connectivity index (χ1v) is 7.22. The number of aryl methyl sites for hydroxylation is 1. The van der Waals surface area contributed by atoms with Crippen LogP contribution in [0.5, 0.6) is 0 Å². The number of carbonyl (C=O) groups is 1. The highest BCUT2D eigenvalue weighted by molar-refractivity contribution is 5.89. The van der Waals surface area contributed by atoms with E-state index in [9.17, 15) is 23.1 Å². The van der Waals surface area contributed by atoms with E-state index in [1.165, 1.54) is 12.1 Å². The lowest BCUT2D eigenvalue weighted by Gasteiger charge is -2.14. The molecule has 0 bridgehead atoms. The molecule has 128 valence electrons. The smallest absolute Gasteiger partial charge is 0.387 e. The van der Waals surface area contributed by atoms with Gasteiger partial charge in [0.25, 0.3) is 0 Å². The molecule has 2 aromatic rings. The topological polar surface area (TPSA) is 61.4 Å². The molecule has 0 saturated heterocycles. The summed E-state index contributed by atoms with van der Waals surface area (Å²) in [6, 6.07) is 10.8. The summed E-state index contributed by atoms with van der Waals surface area (Å²) in [5, 5.41) is 15.0. The number of aliphatic hydroxyl groups excluding tert-OH is 1. The third kappa shape index (κ3) is 4.99. The van der Waals surface area contributed by atoms with Crippen molar-refractivity contribution < 1.29 is 23.1 Å². The van der Waals surface area contributed by atoms with Gasteiger partial charge >= 0.3 is 12.2 Å². The van der Waals surface area contributed by atoms with Crippen molar-refractivity contribution in [2.75, 3.05) is 11.9 Å². The lowest BCUT2D eigenvalue weighted by molar-refractivity contribution is -0.137. The van der Waals surface area contributed by atoms with E-state index in [0.717, 1.165) is 17.7 Å². The van der Waals surface area contributed by atoms with Crippen molar-refractivity contribution in [2.45, 2.75) is 19.2 Å². The number of hydrogen-bond donors (Lipinski definition) is 3. The van der Waals surface area contributed by atoms with Gasteiger partial charge in [0.15, 0.2) is 0 Å². The fourth-order valence-corrected chi connectivity index (χ4v) is 2.01. The van der Waals surface area contributed by atoms with Crippen molar-refractivity contribution >= 4 is 11.7 Å². The number of rotatable bonds is 4. The highest BCUT2D eigenvalue weighted by Gasteiger charge is 2.30. The molecule has 0 aromatic heterocycles. The lowest BCUT2D eigenvalue weighted by Crippen LogP contribution is -2.32. The summed E-state index contributed by atoms with van der Waals surface area (Å²) in [6.45, 7) is 1.80. The van der Waals surface area contributed by atoms with Crippen molar-refractivity contribution in [3.05, 3.63) is 65.2 Å². The Hall–Kier alpha value is -2.54. The molecule has 0 aliphatic rings. The van der Waals surface area contributed by atoms with Crippen LogP contribution in [0.2, 0.25) is 0 Å². The monoisotopic (exact) mass is 338 g/mol. The normalized spacial score (nSPS) is 12.5. The Bertz CT molecular complexity index is 682. The minimum absolute atomic E-state index is 0.122. The molecular weight excluding hydrogens is 321 g/mol. The predicted molar refractivity (Wildman–Crippen MR) is 84.6 cm³/mol. The number of aliphatic hydroxyl groups is 1. The maximum absolute atomic E-state index is 12.5. The quantitative estimate of drug-likeness (QED) is 0.792. The molecule has 0 spiro atoms. The van der Waals surface area contributed by atoms with Crippen LogP contribution < -0.4 is 10.6 Å². The van der Waals surface area contributed by atoms with E-state index in [1.54, 1.807) is 12.1 Å². The Kier molecular flexibility index (Phi) is 5.46. The van der Waals surface area contributed by atoms with Crippen molar-refractivity contribution in [1.82, 2.24) is 5.32 Å². The van der Waals surface area contributed by atoms with Gasteiger partial charge in [-0.15, -0.1) is 0 Å². The molecule has 7 heteroatoms. The van der Waals surface area contributed by atoms with E-state index < -0.39 is 23.9 Å². The molecule has 0 unspecified atom stereocenters. The van der Waals surface area contributed by atoms with Gasteiger partial charge in [-0.3, -0.25) is 0 Å². The Labute approximate surface area is 137 Å². The van der Waals surface area contributed by atoms with Crippen molar-refractivity contribution in [1.29, 1.82) is 0 Å². The maximum Gasteiger partial charge on any atom is 0.416 e. The summed E-state index contributed by atoms with van der Waals surface area (Å²) in [6.07, 6.45) is -5.52. The van der Waals surface area contributed by atoms with Gasteiger partial charge in [0, 0.05) is 12.2 Å². The molecule has 0 saturated carbocycles. The number of urea groups is 1. The molecule has 24 heavy (non-hydrogen) atoms. The second-order valence-electron chi connectivity index (χ2n) is 5.34. The van der Waals surface area contributed by atoms with E-state index in [0.29, 0.717) is 11.3 Å². The van der Waals surface area contributed by atoms with E-state index in [-0.39, 0.29) is 6.54 Å². The molecule has 2 aromatic carbocycles. The molecule has 2 rings (SSSR count). The van der Waals surface area contributed by atoms with E-state index in [2.05, 4.69) is 10.6 Å². The van der Waals surface area contributed by atoms with Gasteiger partial charge in [0.2, 0.25) is 0 Å². The number of carbonyl (C=O) groups excluding carboxylic acids is 1. The number of anilines is 1. The molecular formula is C17H17F3N2O2. The van der Waals surface area contributed by atoms with Crippen LogP contribution in [-0.2, 0) is 6.18 Å². The molecule has 0 heterocycles. The predicted octanol–water partition coefficient (Wildman–Crippen LogP) is 3.87. The zero-order valence-electron chi connectivity index (χ0n) is 12.9. The number of hydrogen-bond acceptors (Lipinski definition) is 2. The second-order valence-corrected chi connectivity index (χ2v) is 5.34. The molecule has 0 fully saturated rings. The molecule has 0 aliphatic carbocycles. The number of halogens is 3. The number of amides is 2. The minimum atomic E-state index is -4.42. The third-order valence-corrected chi connectivity index (χ3v) is 3.39. The first-order valence-electron chi connectivity index (χ1n) is 7.22. The van der Waals surface area contributed by atoms with Gasteiger partial charge in [-0.25, -0.2) is 4.79 Å². The highest BCUT2D eigenvalue weighted by Crippen LogP contribution is 2.29. The molecule has 0 radical (unpaired) electrons. The average Bonchev–Trinajstić information content (AvgIpc) is 2.54. The van der Waals surface area contributed by atoms with Crippen molar-refractivity contribution in [2.24, 2.45) is 0 Å². The Morgan fingerprint density at radius 1 is 1.08 bits per heavy atom. The molecule has 1 atom stereocenters. The number of benzene rings is 2. The van der Waals surface area contributed by atoms with Crippen molar-refractivity contribution in [3.8, 4) is 0 Å². The van der Waals surface area contributed by atoms with Gasteiger partial charge < -0.3 is 15.7 Å². The molecule has 0 aliphatic heterocycles. The van der Waals surface area contributed by atoms with Gasteiger partial charge in [-0.2, -0.15) is 13.2 Å². The summed E-state index contributed by atoms with van der Waals surface area (Å²) in [5.74, 6) is 0. The SMILES string of the molecule is Cc1ccc(NC(=O)NC[C@H](O)c2ccc(C(F)(F)F)cc2)cc1. The summed E-state index contributed by atoms with van der Waals surface area (Å²) in [5.41, 5.74) is 1.16. The van der Waals surface area contributed by atoms with Crippen molar-refractivity contribution in [3.63, 3.8) is 0 Å². The average molecular weight is 338 g/mol. The lowest BCUT2D eigenvalue weighted by atomic mass is 10.1. The summed E-state index contributed by atoms with van der Waals surface area (Å²) >= 11 is 0. The number of alkyl halides is 3. The van der Waals surface area contributed by atoms with Crippen LogP contribution in [0.1, 0.15) is 22.8 Å². The van der Waals surface area contributed by atoms with Crippen LogP contribution in [0.15, 0.2) is 48.5 Å². The highest BCUT2D eigenvalue weighted by atomic mass is 19.4. The largest absolute Gasteiger partial charge is 0.416 e. The zero-order valence-corrected chi connectivity index (χ0v) is 12.9. The third-order valence-electron chi connectivity index (χ3n) is 3.39. The number of nitrogens with one attached hydrogen (secondary N) is 2. The molecule has 2 amide bonds. The zero-order chi connectivity index (χ0) is 17.7. The first-order chi connectivity index (χ1) is 11.3. The Morgan fingerprint density at radius 2 is 1.67 bits per heavy atom. The fourth-order valence-electron chi connectivity index (χ4n) is 2.01. The summed E-state index contributed by atoms with van der Waals surface area (Å²) < 4.78 is 37.4. The van der Waals surface area contributed by atoms with Gasteiger partial charge in [-0.1, -0.05) is 29.8 Å². The minimum Gasteiger partial charge on any atom is -0.387 e.